The second-order valence-electron chi connectivity index (χ2n) is 5.24. The molecule has 3 amide bonds. The number of rotatable bonds is 2. The van der Waals surface area contributed by atoms with Crippen LogP contribution in [0.5, 0.6) is 0 Å². The standard InChI is InChI=1S/C12H21N3O3/c13-12(18)15-4-1-2-10(7-15)11(17)14-5-3-9(6-14)8-16/h9-10,16H,1-8H2,(H2,13,18). The van der Waals surface area contributed by atoms with Gasteiger partial charge in [-0.3, -0.25) is 4.79 Å². The minimum atomic E-state index is -0.442. The second-order valence-corrected chi connectivity index (χ2v) is 5.24. The van der Waals surface area contributed by atoms with E-state index in [1.807, 2.05) is 4.90 Å². The Hall–Kier alpha value is -1.30. The van der Waals surface area contributed by atoms with Gasteiger partial charge >= 0.3 is 6.03 Å². The summed E-state index contributed by atoms with van der Waals surface area (Å²) in [6.07, 6.45) is 2.52. The Kier molecular flexibility index (Phi) is 4.06. The summed E-state index contributed by atoms with van der Waals surface area (Å²) in [6.45, 7) is 2.59. The van der Waals surface area contributed by atoms with Crippen molar-refractivity contribution in [3.63, 3.8) is 0 Å². The zero-order chi connectivity index (χ0) is 13.1. The molecule has 0 aromatic carbocycles. The molecule has 0 aliphatic carbocycles. The van der Waals surface area contributed by atoms with E-state index in [1.54, 1.807) is 4.90 Å². The highest BCUT2D eigenvalue weighted by Gasteiger charge is 2.33. The van der Waals surface area contributed by atoms with Gasteiger partial charge in [-0.2, -0.15) is 0 Å². The number of nitrogens with zero attached hydrogens (tertiary/aromatic N) is 2. The Bertz CT molecular complexity index is 335. The number of carbonyl (C=O) groups excluding carboxylic acids is 2. The smallest absolute Gasteiger partial charge is 0.314 e. The fourth-order valence-corrected chi connectivity index (χ4v) is 2.82. The largest absolute Gasteiger partial charge is 0.396 e. The Morgan fingerprint density at radius 1 is 1.17 bits per heavy atom. The van der Waals surface area contributed by atoms with Gasteiger partial charge in [-0.15, -0.1) is 0 Å². The van der Waals surface area contributed by atoms with Crippen LogP contribution in [0.3, 0.4) is 0 Å². The molecule has 0 aromatic rings. The van der Waals surface area contributed by atoms with Gasteiger partial charge in [0, 0.05) is 38.7 Å². The summed E-state index contributed by atoms with van der Waals surface area (Å²) >= 11 is 0. The van der Waals surface area contributed by atoms with Crippen LogP contribution in [-0.2, 0) is 4.79 Å². The van der Waals surface area contributed by atoms with Crippen LogP contribution in [0.25, 0.3) is 0 Å². The van der Waals surface area contributed by atoms with Crippen molar-refractivity contribution in [2.24, 2.45) is 17.6 Å². The number of likely N-dealkylation sites (tertiary alicyclic amines) is 2. The highest BCUT2D eigenvalue weighted by molar-refractivity contribution is 5.80. The summed E-state index contributed by atoms with van der Waals surface area (Å²) in [5.74, 6) is 0.199. The van der Waals surface area contributed by atoms with Gasteiger partial charge in [0.25, 0.3) is 0 Å². The van der Waals surface area contributed by atoms with Crippen LogP contribution >= 0.6 is 0 Å². The number of carbonyl (C=O) groups is 2. The molecule has 6 nitrogen and oxygen atoms in total. The summed E-state index contributed by atoms with van der Waals surface area (Å²) in [7, 11) is 0. The first-order valence-electron chi connectivity index (χ1n) is 6.56. The number of hydrogen-bond acceptors (Lipinski definition) is 3. The lowest BCUT2D eigenvalue weighted by atomic mass is 9.97. The first-order valence-corrected chi connectivity index (χ1v) is 6.56. The Balaban J connectivity index is 1.91. The molecule has 0 saturated carbocycles. The van der Waals surface area contributed by atoms with Crippen molar-refractivity contribution >= 4 is 11.9 Å². The third-order valence-electron chi connectivity index (χ3n) is 3.94. The normalized spacial score (nSPS) is 28.5. The van der Waals surface area contributed by atoms with Gasteiger partial charge in [-0.1, -0.05) is 0 Å². The number of aliphatic hydroxyl groups is 1. The number of primary amides is 1. The molecule has 0 spiro atoms. The quantitative estimate of drug-likeness (QED) is 0.705. The molecule has 2 rings (SSSR count). The molecular formula is C12H21N3O3. The van der Waals surface area contributed by atoms with Gasteiger partial charge in [0.05, 0.1) is 5.92 Å². The van der Waals surface area contributed by atoms with Crippen LogP contribution < -0.4 is 5.73 Å². The maximum Gasteiger partial charge on any atom is 0.314 e. The van der Waals surface area contributed by atoms with Crippen LogP contribution in [0.2, 0.25) is 0 Å². The number of urea groups is 1. The molecule has 2 aliphatic rings. The number of aliphatic hydroxyl groups excluding tert-OH is 1. The van der Waals surface area contributed by atoms with Gasteiger partial charge in [0.2, 0.25) is 5.91 Å². The summed E-state index contributed by atoms with van der Waals surface area (Å²) in [6, 6.07) is -0.442. The predicted octanol–water partition coefficient (Wildman–Crippen LogP) is -0.382. The van der Waals surface area contributed by atoms with Crippen LogP contribution in [-0.4, -0.2) is 59.6 Å². The average molecular weight is 255 g/mol. The van der Waals surface area contributed by atoms with Crippen molar-refractivity contribution in [2.75, 3.05) is 32.8 Å². The Morgan fingerprint density at radius 2 is 1.94 bits per heavy atom. The minimum Gasteiger partial charge on any atom is -0.396 e. The minimum absolute atomic E-state index is 0.108. The highest BCUT2D eigenvalue weighted by Crippen LogP contribution is 2.23. The molecular weight excluding hydrogens is 234 g/mol. The fourth-order valence-electron chi connectivity index (χ4n) is 2.82. The Morgan fingerprint density at radius 3 is 2.56 bits per heavy atom. The van der Waals surface area contributed by atoms with Crippen molar-refractivity contribution in [1.29, 1.82) is 0 Å². The van der Waals surface area contributed by atoms with Gasteiger partial charge in [-0.25, -0.2) is 4.79 Å². The predicted molar refractivity (Wildman–Crippen MR) is 65.7 cm³/mol. The number of nitrogens with two attached hydrogens (primary N) is 1. The van der Waals surface area contributed by atoms with Crippen LogP contribution in [0, 0.1) is 11.8 Å². The topological polar surface area (TPSA) is 86.9 Å². The molecule has 2 saturated heterocycles. The maximum atomic E-state index is 12.3. The molecule has 2 aliphatic heterocycles. The van der Waals surface area contributed by atoms with E-state index in [0.29, 0.717) is 19.6 Å². The average Bonchev–Trinajstić information content (AvgIpc) is 2.86. The van der Waals surface area contributed by atoms with Gasteiger partial charge in [0.1, 0.15) is 0 Å². The molecule has 0 bridgehead atoms. The monoisotopic (exact) mass is 255 g/mol. The van der Waals surface area contributed by atoms with Crippen molar-refractivity contribution in [1.82, 2.24) is 9.80 Å². The summed E-state index contributed by atoms with van der Waals surface area (Å²) in [5, 5.41) is 9.08. The zero-order valence-electron chi connectivity index (χ0n) is 10.5. The van der Waals surface area contributed by atoms with Crippen molar-refractivity contribution in [3.8, 4) is 0 Å². The molecule has 3 N–H and O–H groups in total. The molecule has 2 unspecified atom stereocenters. The first-order chi connectivity index (χ1) is 8.61. The molecule has 0 radical (unpaired) electrons. The maximum absolute atomic E-state index is 12.3. The van der Waals surface area contributed by atoms with E-state index in [1.165, 1.54) is 0 Å². The molecule has 18 heavy (non-hydrogen) atoms. The lowest BCUT2D eigenvalue weighted by Gasteiger charge is -2.32. The third-order valence-corrected chi connectivity index (χ3v) is 3.94. The van der Waals surface area contributed by atoms with Gasteiger partial charge in [0.15, 0.2) is 0 Å². The number of hydrogen-bond donors (Lipinski definition) is 2. The molecule has 102 valence electrons. The van der Waals surface area contributed by atoms with Crippen LogP contribution in [0.4, 0.5) is 4.79 Å². The van der Waals surface area contributed by atoms with Crippen molar-refractivity contribution in [2.45, 2.75) is 19.3 Å². The highest BCUT2D eigenvalue weighted by atomic mass is 16.3. The molecule has 2 heterocycles. The molecule has 0 aromatic heterocycles. The van der Waals surface area contributed by atoms with Gasteiger partial charge < -0.3 is 20.6 Å². The summed E-state index contributed by atoms with van der Waals surface area (Å²) < 4.78 is 0. The van der Waals surface area contributed by atoms with Crippen LogP contribution in [0.1, 0.15) is 19.3 Å². The van der Waals surface area contributed by atoms with Crippen molar-refractivity contribution < 1.29 is 14.7 Å². The Labute approximate surface area is 107 Å². The van der Waals surface area contributed by atoms with E-state index in [9.17, 15) is 9.59 Å². The lowest BCUT2D eigenvalue weighted by Crippen LogP contribution is -2.48. The summed E-state index contributed by atoms with van der Waals surface area (Å²) in [5.41, 5.74) is 5.26. The van der Waals surface area contributed by atoms with E-state index in [2.05, 4.69) is 0 Å². The number of amides is 3. The van der Waals surface area contributed by atoms with Gasteiger partial charge in [-0.05, 0) is 19.3 Å². The SMILES string of the molecule is NC(=O)N1CCCC(C(=O)N2CCC(CO)C2)C1. The number of piperidine rings is 1. The molecule has 2 atom stereocenters. The summed E-state index contributed by atoms with van der Waals surface area (Å²) in [4.78, 5) is 26.8. The van der Waals surface area contributed by atoms with Crippen molar-refractivity contribution in [3.05, 3.63) is 0 Å². The van der Waals surface area contributed by atoms with Crippen LogP contribution in [0.15, 0.2) is 0 Å². The van der Waals surface area contributed by atoms with E-state index in [0.717, 1.165) is 25.8 Å². The lowest BCUT2D eigenvalue weighted by molar-refractivity contribution is -0.136. The molecule has 2 fully saturated rings. The van der Waals surface area contributed by atoms with E-state index >= 15 is 0 Å². The second kappa shape index (κ2) is 5.56. The molecule has 6 heteroatoms. The third kappa shape index (κ3) is 2.75. The van der Waals surface area contributed by atoms with E-state index in [-0.39, 0.29) is 24.3 Å². The fraction of sp³-hybridized carbons (Fsp3) is 0.833. The zero-order valence-corrected chi connectivity index (χ0v) is 10.5. The van der Waals surface area contributed by atoms with E-state index in [4.69, 9.17) is 10.8 Å². The first kappa shape index (κ1) is 13.1. The van der Waals surface area contributed by atoms with E-state index < -0.39 is 6.03 Å².